The zero-order valence-electron chi connectivity index (χ0n) is 20.9. The average molecular weight is 564 g/mol. The summed E-state index contributed by atoms with van der Waals surface area (Å²) in [5.74, 6) is -4.49. The Hall–Kier alpha value is -4.08. The Bertz CT molecular complexity index is 974. The van der Waals surface area contributed by atoms with Crippen LogP contribution in [0.5, 0.6) is 0 Å². The van der Waals surface area contributed by atoms with Gasteiger partial charge in [0, 0.05) is 6.54 Å². The minimum absolute atomic E-state index is 0.0105. The molecule has 2 rings (SSSR count). The third-order valence-corrected chi connectivity index (χ3v) is 5.20. The summed E-state index contributed by atoms with van der Waals surface area (Å²) >= 11 is 0. The molecular formula is C23H32F3N5O8. The lowest BCUT2D eigenvalue weighted by Crippen LogP contribution is -2.78. The number of rotatable bonds is 12. The molecule has 13 nitrogen and oxygen atoms in total. The molecule has 8 N–H and O–H groups in total. The van der Waals surface area contributed by atoms with Crippen molar-refractivity contribution in [2.45, 2.75) is 63.1 Å². The van der Waals surface area contributed by atoms with Crippen molar-refractivity contribution in [3.05, 3.63) is 35.9 Å². The molecule has 1 aliphatic rings. The molecule has 0 aliphatic carbocycles. The fourth-order valence-corrected chi connectivity index (χ4v) is 3.26. The summed E-state index contributed by atoms with van der Waals surface area (Å²) in [7, 11) is 0. The van der Waals surface area contributed by atoms with Gasteiger partial charge in [-0.25, -0.2) is 9.59 Å². The quantitative estimate of drug-likeness (QED) is 0.0920. The van der Waals surface area contributed by atoms with Crippen LogP contribution < -0.4 is 32.2 Å². The highest BCUT2D eigenvalue weighted by atomic mass is 19.4. The Labute approximate surface area is 221 Å². The van der Waals surface area contributed by atoms with Crippen LogP contribution in [0.1, 0.15) is 37.7 Å². The van der Waals surface area contributed by atoms with Gasteiger partial charge in [0.15, 0.2) is 0 Å². The summed E-state index contributed by atoms with van der Waals surface area (Å²) < 4.78 is 42.3. The van der Waals surface area contributed by atoms with Crippen molar-refractivity contribution < 1.29 is 57.0 Å². The highest BCUT2D eigenvalue weighted by molar-refractivity contribution is 5.83. The summed E-state index contributed by atoms with van der Waals surface area (Å²) in [6.07, 6.45) is -2.84. The Morgan fingerprint density at radius 2 is 1.79 bits per heavy atom. The maximum absolute atomic E-state index is 12.4. The number of alkyl halides is 3. The number of hydrogen-bond donors (Lipinski definition) is 6. The van der Waals surface area contributed by atoms with Crippen molar-refractivity contribution in [3.63, 3.8) is 0 Å². The van der Waals surface area contributed by atoms with Crippen LogP contribution in [0.3, 0.4) is 0 Å². The lowest BCUT2D eigenvalue weighted by atomic mass is 10.1. The standard InChI is InChI=1S/C21H31N5O6.C2HF3O2/c22-20(23)24-11-5-4-8-15-9-10-17(32-15)18(27)25-12-16(19(28)29)26-21(30)31-13-14-6-2-1-3-7-14;3-2(4,5)1(6)7/h1-3,6-7,15-17H,4-5,8-13H2,(H,25,27)(H,26,30)(H,28,29)(H4,22,23,24);(H,6,7)/t15-,16+,17-;/m1./s1. The summed E-state index contributed by atoms with van der Waals surface area (Å²) in [6, 6.07) is 7.68. The van der Waals surface area contributed by atoms with Gasteiger partial charge >= 0.3 is 24.2 Å². The van der Waals surface area contributed by atoms with E-state index in [-0.39, 0.29) is 25.2 Å². The number of unbranched alkanes of at least 4 members (excludes halogenated alkanes) is 1. The molecule has 2 amide bonds. The van der Waals surface area contributed by atoms with Crippen molar-refractivity contribution in [1.82, 2.24) is 10.6 Å². The molecule has 1 aromatic carbocycles. The topological polar surface area (TPSA) is 220 Å². The summed E-state index contributed by atoms with van der Waals surface area (Å²) in [5, 5.41) is 22.9. The van der Waals surface area contributed by atoms with E-state index in [0.717, 1.165) is 31.2 Å². The first kappa shape index (κ1) is 32.9. The molecule has 0 bridgehead atoms. The second kappa shape index (κ2) is 16.7. The van der Waals surface area contributed by atoms with Gasteiger partial charge in [0.2, 0.25) is 5.91 Å². The van der Waals surface area contributed by atoms with Gasteiger partial charge < -0.3 is 35.1 Å². The number of aliphatic carboxylic acids is 2. The van der Waals surface area contributed by atoms with E-state index in [1.165, 1.54) is 0 Å². The van der Waals surface area contributed by atoms with Crippen LogP contribution in [-0.2, 0) is 30.5 Å². The lowest BCUT2D eigenvalue weighted by Gasteiger charge is -2.17. The predicted molar refractivity (Wildman–Crippen MR) is 126 cm³/mol. The van der Waals surface area contributed by atoms with E-state index in [4.69, 9.17) is 30.8 Å². The van der Waals surface area contributed by atoms with E-state index in [0.29, 0.717) is 13.0 Å². The zero-order chi connectivity index (χ0) is 29.4. The molecular weight excluding hydrogens is 531 g/mol. The highest BCUT2D eigenvalue weighted by Crippen LogP contribution is 2.23. The number of carboxylic acids is 2. The van der Waals surface area contributed by atoms with Crippen molar-refractivity contribution in [3.8, 4) is 0 Å². The maximum atomic E-state index is 12.4. The van der Waals surface area contributed by atoms with Crippen LogP contribution >= 0.6 is 0 Å². The first-order valence-electron chi connectivity index (χ1n) is 11.8. The Balaban J connectivity index is 0.000000956. The lowest BCUT2D eigenvalue weighted by molar-refractivity contribution is -0.459. The van der Waals surface area contributed by atoms with Gasteiger partial charge in [0.1, 0.15) is 24.7 Å². The molecule has 3 atom stereocenters. The average Bonchev–Trinajstić information content (AvgIpc) is 3.34. The van der Waals surface area contributed by atoms with Gasteiger partial charge in [0.05, 0.1) is 12.6 Å². The smallest absolute Gasteiger partial charge is 0.430 e. The maximum Gasteiger partial charge on any atom is 0.430 e. The fourth-order valence-electron chi connectivity index (χ4n) is 3.26. The molecule has 1 aromatic rings. The number of hydrogen-bond acceptors (Lipinski definition) is 7. The van der Waals surface area contributed by atoms with E-state index in [1.54, 1.807) is 24.3 Å². The first-order valence-corrected chi connectivity index (χ1v) is 11.8. The number of halogens is 3. The molecule has 0 radical (unpaired) electrons. The minimum atomic E-state index is -5.19. The molecule has 1 aliphatic heterocycles. The number of carbonyl (C=O) groups is 4. The number of amides is 2. The SMILES string of the molecule is NC(N)=[NH+]CCCC[C@@H]1CC[C@H](C(=O)NC[C@H](NC(=O)OCc2ccccc2)C(=O)O)O1.O=C([O-])C(F)(F)F. The van der Waals surface area contributed by atoms with Crippen LogP contribution in [0.4, 0.5) is 18.0 Å². The van der Waals surface area contributed by atoms with Crippen LogP contribution in [0.15, 0.2) is 30.3 Å². The van der Waals surface area contributed by atoms with Crippen molar-refractivity contribution in [1.29, 1.82) is 0 Å². The summed E-state index contributed by atoms with van der Waals surface area (Å²) in [6.45, 7) is 0.411. The molecule has 1 saturated heterocycles. The number of ether oxygens (including phenoxy) is 2. The molecule has 1 heterocycles. The van der Waals surface area contributed by atoms with E-state index in [1.807, 2.05) is 6.07 Å². The number of nitrogens with one attached hydrogen (secondary N) is 3. The van der Waals surface area contributed by atoms with E-state index in [2.05, 4.69) is 15.6 Å². The van der Waals surface area contributed by atoms with Crippen molar-refractivity contribution >= 4 is 29.9 Å². The molecule has 0 saturated carbocycles. The monoisotopic (exact) mass is 563 g/mol. The molecule has 39 heavy (non-hydrogen) atoms. The largest absolute Gasteiger partial charge is 0.542 e. The number of nitrogens with two attached hydrogens (primary N) is 2. The number of carboxylic acid groups (broad SMARTS) is 2. The van der Waals surface area contributed by atoms with Crippen LogP contribution in [0.25, 0.3) is 0 Å². The highest BCUT2D eigenvalue weighted by Gasteiger charge is 2.31. The van der Waals surface area contributed by atoms with Crippen LogP contribution in [-0.4, -0.2) is 72.5 Å². The number of alkyl carbamates (subject to hydrolysis) is 1. The van der Waals surface area contributed by atoms with Gasteiger partial charge in [-0.05, 0) is 37.7 Å². The third kappa shape index (κ3) is 14.4. The van der Waals surface area contributed by atoms with Gasteiger partial charge in [-0.3, -0.25) is 21.3 Å². The van der Waals surface area contributed by atoms with Gasteiger partial charge in [0.25, 0.3) is 0 Å². The predicted octanol–water partition coefficient (Wildman–Crippen LogP) is -2.15. The molecule has 16 heteroatoms. The summed E-state index contributed by atoms with van der Waals surface area (Å²) in [4.78, 5) is 47.3. The molecule has 0 unspecified atom stereocenters. The zero-order valence-corrected chi connectivity index (χ0v) is 20.9. The van der Waals surface area contributed by atoms with Crippen molar-refractivity contribution in [2.75, 3.05) is 13.1 Å². The van der Waals surface area contributed by atoms with E-state index >= 15 is 0 Å². The molecule has 0 aromatic heterocycles. The number of guanidine groups is 1. The molecule has 1 fully saturated rings. The van der Waals surface area contributed by atoms with Gasteiger partial charge in [-0.2, -0.15) is 13.2 Å². The van der Waals surface area contributed by atoms with Gasteiger partial charge in [-0.15, -0.1) is 0 Å². The minimum Gasteiger partial charge on any atom is -0.542 e. The van der Waals surface area contributed by atoms with E-state index in [9.17, 15) is 32.7 Å². The Morgan fingerprint density at radius 3 is 2.36 bits per heavy atom. The van der Waals surface area contributed by atoms with Gasteiger partial charge in [-0.1, -0.05) is 30.3 Å². The Morgan fingerprint density at radius 1 is 1.15 bits per heavy atom. The van der Waals surface area contributed by atoms with Crippen LogP contribution in [0.2, 0.25) is 0 Å². The third-order valence-electron chi connectivity index (χ3n) is 5.20. The second-order valence-corrected chi connectivity index (χ2v) is 8.33. The number of benzene rings is 1. The Kier molecular flexibility index (Phi) is 14.1. The summed E-state index contributed by atoms with van der Waals surface area (Å²) in [5.41, 5.74) is 11.4. The van der Waals surface area contributed by atoms with Crippen molar-refractivity contribution in [2.24, 2.45) is 11.5 Å². The van der Waals surface area contributed by atoms with E-state index < -0.39 is 42.3 Å². The second-order valence-electron chi connectivity index (χ2n) is 8.33. The first-order chi connectivity index (χ1) is 18.3. The van der Waals surface area contributed by atoms with Crippen LogP contribution in [0, 0.1) is 0 Å². The fraction of sp³-hybridized carbons (Fsp3) is 0.522. The molecule has 0 spiro atoms. The molecule has 218 valence electrons. The number of carbonyl (C=O) groups excluding carboxylic acids is 3. The normalized spacial score (nSPS) is 17.1.